The number of aromatic nitrogens is 1. The highest BCUT2D eigenvalue weighted by molar-refractivity contribution is 6.06. The van der Waals surface area contributed by atoms with Crippen LogP contribution in [0, 0.1) is 0 Å². The number of methoxy groups -OCH3 is 1. The molecule has 5 nitrogen and oxygen atoms in total. The molecule has 1 atom stereocenters. The van der Waals surface area contributed by atoms with E-state index in [0.717, 1.165) is 11.0 Å². The number of aliphatic hydroxyl groups excluding tert-OH is 1. The van der Waals surface area contributed by atoms with Crippen LogP contribution in [-0.4, -0.2) is 29.5 Å². The molecule has 1 unspecified atom stereocenters. The summed E-state index contributed by atoms with van der Waals surface area (Å²) in [7, 11) is 1.38. The number of carbonyl (C=O) groups excluding carboxylic acids is 1. The summed E-state index contributed by atoms with van der Waals surface area (Å²) in [4.78, 5) is 16.9. The molecule has 0 aliphatic carbocycles. The number of hydrogen-bond acceptors (Lipinski definition) is 4. The van der Waals surface area contributed by atoms with E-state index in [1.165, 1.54) is 37.6 Å². The van der Waals surface area contributed by atoms with Gasteiger partial charge >= 0.3 is 11.8 Å². The molecular formula is C17H14F4N2O3. The molecule has 1 aliphatic rings. The first kappa shape index (κ1) is 18.1. The van der Waals surface area contributed by atoms with Crippen molar-refractivity contribution in [3.63, 3.8) is 0 Å². The minimum atomic E-state index is -4.01. The van der Waals surface area contributed by atoms with Gasteiger partial charge in [-0.2, -0.15) is 8.78 Å². The number of amides is 1. The molecule has 0 saturated carbocycles. The van der Waals surface area contributed by atoms with E-state index in [0.29, 0.717) is 5.56 Å². The Hall–Kier alpha value is -2.68. The highest BCUT2D eigenvalue weighted by Crippen LogP contribution is 2.48. The number of hydrogen-bond donors (Lipinski definition) is 1. The third-order valence-corrected chi connectivity index (χ3v) is 4.10. The van der Waals surface area contributed by atoms with Gasteiger partial charge in [-0.05, 0) is 23.3 Å². The largest absolute Gasteiger partial charge is 0.481 e. The van der Waals surface area contributed by atoms with Crippen LogP contribution in [0.5, 0.6) is 5.88 Å². The fraction of sp³-hybridized carbons (Fsp3) is 0.294. The standard InChI is InChI=1S/C17H14F4N2O3/c1-26-12-7-9(5-6-22-12)8-23-11-4-2-3-10(14(24)15(18)19)13(11)17(20,21)16(23)25/h2-7,14-15,24H,8H2,1H3. The molecule has 2 aromatic rings. The maximum absolute atomic E-state index is 14.5. The lowest BCUT2D eigenvalue weighted by atomic mass is 9.98. The molecule has 1 aliphatic heterocycles. The van der Waals surface area contributed by atoms with Crippen LogP contribution in [-0.2, 0) is 17.3 Å². The van der Waals surface area contributed by atoms with Crippen molar-refractivity contribution in [3.8, 4) is 5.88 Å². The number of anilines is 1. The predicted molar refractivity (Wildman–Crippen MR) is 83.3 cm³/mol. The number of rotatable bonds is 5. The van der Waals surface area contributed by atoms with Crippen LogP contribution in [0.3, 0.4) is 0 Å². The molecular weight excluding hydrogens is 356 g/mol. The minimum absolute atomic E-state index is 0.215. The summed E-state index contributed by atoms with van der Waals surface area (Å²) in [5, 5.41) is 9.59. The summed E-state index contributed by atoms with van der Waals surface area (Å²) in [5.41, 5.74) is -1.30. The fourth-order valence-corrected chi connectivity index (χ4v) is 2.89. The monoisotopic (exact) mass is 370 g/mol. The quantitative estimate of drug-likeness (QED) is 0.822. The third kappa shape index (κ3) is 2.88. The van der Waals surface area contributed by atoms with E-state index < -0.39 is 35.5 Å². The maximum Gasteiger partial charge on any atom is 0.352 e. The Labute approximate surface area is 145 Å². The van der Waals surface area contributed by atoms with Crippen LogP contribution in [0.25, 0.3) is 0 Å². The molecule has 0 fully saturated rings. The summed E-state index contributed by atoms with van der Waals surface area (Å²) in [6.45, 7) is -0.228. The minimum Gasteiger partial charge on any atom is -0.481 e. The van der Waals surface area contributed by atoms with Crippen LogP contribution in [0.4, 0.5) is 23.2 Å². The van der Waals surface area contributed by atoms with Crippen LogP contribution in [0.2, 0.25) is 0 Å². The van der Waals surface area contributed by atoms with Gasteiger partial charge in [0.05, 0.1) is 24.9 Å². The zero-order chi connectivity index (χ0) is 19.1. The molecule has 0 saturated heterocycles. The summed E-state index contributed by atoms with van der Waals surface area (Å²) in [5.74, 6) is -5.32. The van der Waals surface area contributed by atoms with Crippen molar-refractivity contribution >= 4 is 11.6 Å². The van der Waals surface area contributed by atoms with Gasteiger partial charge in [0, 0.05) is 12.3 Å². The fourth-order valence-electron chi connectivity index (χ4n) is 2.89. The molecule has 1 amide bonds. The topological polar surface area (TPSA) is 62.7 Å². The first-order valence-electron chi connectivity index (χ1n) is 7.55. The lowest BCUT2D eigenvalue weighted by Crippen LogP contribution is -2.34. The molecule has 1 aromatic heterocycles. The summed E-state index contributed by atoms with van der Waals surface area (Å²) < 4.78 is 59.7. The predicted octanol–water partition coefficient (Wildman–Crippen LogP) is 3.03. The number of ether oxygens (including phenoxy) is 1. The van der Waals surface area contributed by atoms with Gasteiger partial charge in [-0.15, -0.1) is 0 Å². The lowest BCUT2D eigenvalue weighted by Gasteiger charge is -2.18. The number of alkyl halides is 4. The maximum atomic E-state index is 14.5. The Kier molecular flexibility index (Phi) is 4.57. The smallest absolute Gasteiger partial charge is 0.352 e. The zero-order valence-corrected chi connectivity index (χ0v) is 13.5. The van der Waals surface area contributed by atoms with E-state index in [1.807, 2.05) is 0 Å². The molecule has 2 heterocycles. The number of pyridine rings is 1. The van der Waals surface area contributed by atoms with Crippen LogP contribution in [0.15, 0.2) is 36.5 Å². The van der Waals surface area contributed by atoms with E-state index >= 15 is 0 Å². The SMILES string of the molecule is COc1cc(CN2C(=O)C(F)(F)c3c(C(O)C(F)F)cccc32)ccn1. The van der Waals surface area contributed by atoms with Gasteiger partial charge in [0.25, 0.3) is 6.43 Å². The normalized spacial score (nSPS) is 16.7. The van der Waals surface area contributed by atoms with Crippen LogP contribution >= 0.6 is 0 Å². The third-order valence-electron chi connectivity index (χ3n) is 4.10. The Morgan fingerprint density at radius 1 is 1.31 bits per heavy atom. The van der Waals surface area contributed by atoms with E-state index in [9.17, 15) is 27.5 Å². The summed E-state index contributed by atoms with van der Waals surface area (Å²) >= 11 is 0. The van der Waals surface area contributed by atoms with Gasteiger partial charge in [0.2, 0.25) is 5.88 Å². The molecule has 3 rings (SSSR count). The van der Waals surface area contributed by atoms with Gasteiger partial charge in [-0.3, -0.25) is 4.79 Å². The second kappa shape index (κ2) is 6.56. The van der Waals surface area contributed by atoms with Crippen molar-refractivity contribution in [2.45, 2.75) is 25.0 Å². The molecule has 9 heteroatoms. The van der Waals surface area contributed by atoms with Crippen molar-refractivity contribution in [2.24, 2.45) is 0 Å². The number of benzene rings is 1. The molecule has 0 bridgehead atoms. The second-order valence-corrected chi connectivity index (χ2v) is 5.69. The number of fused-ring (bicyclic) bond motifs is 1. The highest BCUT2D eigenvalue weighted by Gasteiger charge is 2.55. The zero-order valence-electron chi connectivity index (χ0n) is 13.5. The molecule has 1 N–H and O–H groups in total. The molecule has 0 radical (unpaired) electrons. The Morgan fingerprint density at radius 3 is 2.69 bits per heavy atom. The van der Waals surface area contributed by atoms with Gasteiger partial charge in [-0.25, -0.2) is 13.8 Å². The molecule has 0 spiro atoms. The van der Waals surface area contributed by atoms with Crippen molar-refractivity contribution in [1.29, 1.82) is 0 Å². The number of halogens is 4. The number of aliphatic hydroxyl groups is 1. The molecule has 1 aromatic carbocycles. The van der Waals surface area contributed by atoms with Crippen molar-refractivity contribution in [3.05, 3.63) is 53.2 Å². The number of nitrogens with zero attached hydrogens (tertiary/aromatic N) is 2. The average molecular weight is 370 g/mol. The first-order chi connectivity index (χ1) is 12.3. The van der Waals surface area contributed by atoms with Crippen molar-refractivity contribution < 1.29 is 32.2 Å². The average Bonchev–Trinajstić information content (AvgIpc) is 2.82. The van der Waals surface area contributed by atoms with Gasteiger partial charge < -0.3 is 14.7 Å². The van der Waals surface area contributed by atoms with E-state index in [1.54, 1.807) is 0 Å². The lowest BCUT2D eigenvalue weighted by molar-refractivity contribution is -0.142. The van der Waals surface area contributed by atoms with Gasteiger partial charge in [-0.1, -0.05) is 12.1 Å². The summed E-state index contributed by atoms with van der Waals surface area (Å²) in [6.07, 6.45) is -4.28. The highest BCUT2D eigenvalue weighted by atomic mass is 19.3. The van der Waals surface area contributed by atoms with E-state index in [4.69, 9.17) is 4.74 Å². The van der Waals surface area contributed by atoms with E-state index in [-0.39, 0.29) is 18.1 Å². The summed E-state index contributed by atoms with van der Waals surface area (Å²) in [6, 6.07) is 6.43. The first-order valence-corrected chi connectivity index (χ1v) is 7.55. The molecule has 26 heavy (non-hydrogen) atoms. The van der Waals surface area contributed by atoms with Crippen LogP contribution < -0.4 is 9.64 Å². The number of carbonyl (C=O) groups is 1. The van der Waals surface area contributed by atoms with Crippen molar-refractivity contribution in [2.75, 3.05) is 12.0 Å². The second-order valence-electron chi connectivity index (χ2n) is 5.69. The van der Waals surface area contributed by atoms with Crippen molar-refractivity contribution in [1.82, 2.24) is 4.98 Å². The van der Waals surface area contributed by atoms with Gasteiger partial charge in [0.15, 0.2) is 0 Å². The van der Waals surface area contributed by atoms with Crippen LogP contribution in [0.1, 0.15) is 22.8 Å². The van der Waals surface area contributed by atoms with E-state index in [2.05, 4.69) is 4.98 Å². The Balaban J connectivity index is 2.06. The van der Waals surface area contributed by atoms with Gasteiger partial charge in [0.1, 0.15) is 6.10 Å². The Morgan fingerprint density at radius 2 is 2.04 bits per heavy atom. The Bertz CT molecular complexity index is 845. The molecule has 138 valence electrons.